The first-order valence-corrected chi connectivity index (χ1v) is 9.81. The zero-order valence-electron chi connectivity index (χ0n) is 16.1. The Morgan fingerprint density at radius 3 is 2.25 bits per heavy atom. The van der Waals surface area contributed by atoms with Crippen LogP contribution in [0.15, 0.2) is 42.1 Å². The molecule has 1 amide bonds. The van der Waals surface area contributed by atoms with Crippen LogP contribution in [0.1, 0.15) is 24.3 Å². The van der Waals surface area contributed by atoms with Crippen LogP contribution in [0.3, 0.4) is 0 Å². The Morgan fingerprint density at radius 1 is 1.04 bits per heavy atom. The van der Waals surface area contributed by atoms with Gasteiger partial charge in [0.1, 0.15) is 0 Å². The fraction of sp³-hybridized carbons (Fsp3) is 0.476. The minimum Gasteiger partial charge on any atom is -0.389 e. The maximum absolute atomic E-state index is 12.4. The number of ketones is 2. The van der Waals surface area contributed by atoms with Crippen LogP contribution in [-0.2, 0) is 14.4 Å². The number of benzene rings is 1. The van der Waals surface area contributed by atoms with Crippen molar-refractivity contribution in [3.8, 4) is 0 Å². The van der Waals surface area contributed by atoms with Gasteiger partial charge in [-0.05, 0) is 11.5 Å². The SMILES string of the molecule is NC(=O)CN1CCN(CCNC=C2C(=O)CC(c3ccccc3)CC2=O)CC1. The second-order valence-electron chi connectivity index (χ2n) is 7.46. The molecule has 0 radical (unpaired) electrons. The Kier molecular flexibility index (Phi) is 6.95. The van der Waals surface area contributed by atoms with Gasteiger partial charge in [-0.25, -0.2) is 0 Å². The molecule has 1 aliphatic heterocycles. The molecule has 0 spiro atoms. The Morgan fingerprint density at radius 2 is 1.64 bits per heavy atom. The van der Waals surface area contributed by atoms with Crippen molar-refractivity contribution in [2.75, 3.05) is 45.8 Å². The third-order valence-electron chi connectivity index (χ3n) is 5.40. The van der Waals surface area contributed by atoms with Gasteiger partial charge in [0.05, 0.1) is 12.1 Å². The van der Waals surface area contributed by atoms with E-state index in [9.17, 15) is 14.4 Å². The fourth-order valence-electron chi connectivity index (χ4n) is 3.81. The molecule has 28 heavy (non-hydrogen) atoms. The highest BCUT2D eigenvalue weighted by Crippen LogP contribution is 2.31. The van der Waals surface area contributed by atoms with Crippen LogP contribution in [0, 0.1) is 0 Å². The predicted molar refractivity (Wildman–Crippen MR) is 107 cm³/mol. The first-order valence-electron chi connectivity index (χ1n) is 9.81. The quantitative estimate of drug-likeness (QED) is 0.398. The maximum atomic E-state index is 12.4. The van der Waals surface area contributed by atoms with Crippen LogP contribution in [0.4, 0.5) is 0 Å². The van der Waals surface area contributed by atoms with Crippen molar-refractivity contribution >= 4 is 17.5 Å². The van der Waals surface area contributed by atoms with Crippen LogP contribution in [0.2, 0.25) is 0 Å². The van der Waals surface area contributed by atoms with E-state index in [4.69, 9.17) is 5.73 Å². The average molecular weight is 384 g/mol. The van der Waals surface area contributed by atoms with Gasteiger partial charge < -0.3 is 11.1 Å². The van der Waals surface area contributed by atoms with Crippen molar-refractivity contribution in [2.45, 2.75) is 18.8 Å². The molecule has 3 rings (SSSR count). The topological polar surface area (TPSA) is 95.7 Å². The summed E-state index contributed by atoms with van der Waals surface area (Å²) in [7, 11) is 0. The van der Waals surface area contributed by atoms with Gasteiger partial charge in [-0.1, -0.05) is 30.3 Å². The normalized spacial score (nSPS) is 21.6. The van der Waals surface area contributed by atoms with E-state index in [2.05, 4.69) is 15.1 Å². The molecular weight excluding hydrogens is 356 g/mol. The summed E-state index contributed by atoms with van der Waals surface area (Å²) in [4.78, 5) is 40.2. The summed E-state index contributed by atoms with van der Waals surface area (Å²) in [6.45, 7) is 5.20. The van der Waals surface area contributed by atoms with Crippen LogP contribution in [0.25, 0.3) is 0 Å². The lowest BCUT2D eigenvalue weighted by atomic mass is 9.80. The molecule has 0 aromatic heterocycles. The van der Waals surface area contributed by atoms with E-state index in [-0.39, 0.29) is 23.4 Å². The highest BCUT2D eigenvalue weighted by atomic mass is 16.2. The van der Waals surface area contributed by atoms with Gasteiger partial charge in [0.15, 0.2) is 11.6 Å². The van der Waals surface area contributed by atoms with Gasteiger partial charge in [-0.15, -0.1) is 0 Å². The molecule has 1 aliphatic carbocycles. The summed E-state index contributed by atoms with van der Waals surface area (Å²) in [5.41, 5.74) is 6.56. The van der Waals surface area contributed by atoms with Crippen molar-refractivity contribution < 1.29 is 14.4 Å². The zero-order chi connectivity index (χ0) is 19.9. The monoisotopic (exact) mass is 384 g/mol. The van der Waals surface area contributed by atoms with Gasteiger partial charge >= 0.3 is 0 Å². The first-order chi connectivity index (χ1) is 13.5. The summed E-state index contributed by atoms with van der Waals surface area (Å²) < 4.78 is 0. The Balaban J connectivity index is 1.42. The number of carbonyl (C=O) groups excluding carboxylic acids is 3. The van der Waals surface area contributed by atoms with E-state index in [1.54, 1.807) is 6.20 Å². The summed E-state index contributed by atoms with van der Waals surface area (Å²) in [5, 5.41) is 3.13. The standard InChI is InChI=1S/C21H28N4O3/c22-21(28)15-25-10-8-24(9-11-25)7-6-23-14-18-19(26)12-17(13-20(18)27)16-4-2-1-3-5-16/h1-5,14,17,23H,6-13,15H2,(H2,22,28). The lowest BCUT2D eigenvalue weighted by molar-refractivity contribution is -0.124. The van der Waals surface area contributed by atoms with E-state index in [1.165, 1.54) is 0 Å². The van der Waals surface area contributed by atoms with Crippen LogP contribution < -0.4 is 11.1 Å². The fourth-order valence-corrected chi connectivity index (χ4v) is 3.81. The van der Waals surface area contributed by atoms with Gasteiger partial charge in [0.2, 0.25) is 5.91 Å². The number of primary amides is 1. The summed E-state index contributed by atoms with van der Waals surface area (Å²) >= 11 is 0. The number of amides is 1. The Hall–Kier alpha value is -2.51. The molecule has 7 heteroatoms. The largest absolute Gasteiger partial charge is 0.389 e. The average Bonchev–Trinajstić information content (AvgIpc) is 2.68. The number of hydrogen-bond donors (Lipinski definition) is 2. The van der Waals surface area contributed by atoms with Crippen LogP contribution in [-0.4, -0.2) is 73.1 Å². The first kappa shape index (κ1) is 20.2. The number of rotatable bonds is 7. The molecule has 7 nitrogen and oxygen atoms in total. The van der Waals surface area contributed by atoms with E-state index in [0.717, 1.165) is 38.3 Å². The zero-order valence-corrected chi connectivity index (χ0v) is 16.1. The molecule has 1 heterocycles. The van der Waals surface area contributed by atoms with Crippen LogP contribution >= 0.6 is 0 Å². The van der Waals surface area contributed by atoms with Gasteiger partial charge in [0.25, 0.3) is 0 Å². The molecule has 3 N–H and O–H groups in total. The van der Waals surface area contributed by atoms with E-state index < -0.39 is 0 Å². The number of piperazine rings is 1. The lowest BCUT2D eigenvalue weighted by Crippen LogP contribution is -2.49. The number of carbonyl (C=O) groups is 3. The molecule has 0 atom stereocenters. The lowest BCUT2D eigenvalue weighted by Gasteiger charge is -2.33. The molecule has 0 bridgehead atoms. The predicted octanol–water partition coefficient (Wildman–Crippen LogP) is 0.279. The Bertz CT molecular complexity index is 719. The molecule has 1 aromatic rings. The molecule has 1 aromatic carbocycles. The number of hydrogen-bond acceptors (Lipinski definition) is 6. The summed E-state index contributed by atoms with van der Waals surface area (Å²) in [6.07, 6.45) is 2.35. The number of nitrogens with zero attached hydrogens (tertiary/aromatic N) is 2. The minimum atomic E-state index is -0.293. The van der Waals surface area contributed by atoms with Crippen molar-refractivity contribution in [3.63, 3.8) is 0 Å². The van der Waals surface area contributed by atoms with E-state index in [1.807, 2.05) is 30.3 Å². The second-order valence-corrected chi connectivity index (χ2v) is 7.46. The van der Waals surface area contributed by atoms with Crippen molar-refractivity contribution in [3.05, 3.63) is 47.7 Å². The highest BCUT2D eigenvalue weighted by molar-refractivity contribution is 6.22. The molecule has 1 saturated heterocycles. The number of Topliss-reactive ketones (excluding diaryl/α,β-unsaturated/α-hetero) is 2. The van der Waals surface area contributed by atoms with Gasteiger partial charge in [-0.3, -0.25) is 24.2 Å². The maximum Gasteiger partial charge on any atom is 0.231 e. The molecule has 2 fully saturated rings. The molecule has 0 unspecified atom stereocenters. The Labute approximate surface area is 165 Å². The minimum absolute atomic E-state index is 0.0185. The van der Waals surface area contributed by atoms with Crippen molar-refractivity contribution in [2.24, 2.45) is 5.73 Å². The third kappa shape index (κ3) is 5.50. The summed E-state index contributed by atoms with van der Waals surface area (Å²) in [6, 6.07) is 9.75. The summed E-state index contributed by atoms with van der Waals surface area (Å²) in [5.74, 6) is -0.483. The second kappa shape index (κ2) is 9.61. The van der Waals surface area contributed by atoms with Gasteiger partial charge in [0, 0.05) is 58.3 Å². The van der Waals surface area contributed by atoms with Crippen molar-refractivity contribution in [1.82, 2.24) is 15.1 Å². The number of allylic oxidation sites excluding steroid dienone is 1. The molecule has 1 saturated carbocycles. The molecular formula is C21H28N4O3. The highest BCUT2D eigenvalue weighted by Gasteiger charge is 2.31. The number of nitrogens with one attached hydrogen (secondary N) is 1. The van der Waals surface area contributed by atoms with Crippen LogP contribution in [0.5, 0.6) is 0 Å². The van der Waals surface area contributed by atoms with E-state index in [0.29, 0.717) is 31.5 Å². The van der Waals surface area contributed by atoms with E-state index >= 15 is 0 Å². The molecule has 150 valence electrons. The van der Waals surface area contributed by atoms with Gasteiger partial charge in [-0.2, -0.15) is 0 Å². The number of nitrogens with two attached hydrogens (primary N) is 1. The molecule has 2 aliphatic rings. The third-order valence-corrected chi connectivity index (χ3v) is 5.40. The smallest absolute Gasteiger partial charge is 0.231 e. The van der Waals surface area contributed by atoms with Crippen molar-refractivity contribution in [1.29, 1.82) is 0 Å².